The van der Waals surface area contributed by atoms with Crippen molar-refractivity contribution in [2.75, 3.05) is 5.32 Å². The van der Waals surface area contributed by atoms with Crippen molar-refractivity contribution in [3.05, 3.63) is 64.2 Å². The molecule has 0 saturated heterocycles. The Hall–Kier alpha value is -2.17. The van der Waals surface area contributed by atoms with Gasteiger partial charge in [-0.1, -0.05) is 24.3 Å². The number of nitrogens with two attached hydrogens (primary N) is 2. The Morgan fingerprint density at radius 3 is 2.20 bits per heavy atom. The van der Waals surface area contributed by atoms with Gasteiger partial charge in [0.15, 0.2) is 0 Å². The molecule has 25 heavy (non-hydrogen) atoms. The summed E-state index contributed by atoms with van der Waals surface area (Å²) in [6.07, 6.45) is 5.99. The number of amides is 1. The molecule has 0 fully saturated rings. The molecule has 4 rings (SSSR count). The average Bonchev–Trinajstić information content (AvgIpc) is 2.62. The molecule has 2 aromatic rings. The van der Waals surface area contributed by atoms with E-state index in [1.165, 1.54) is 11.1 Å². The van der Waals surface area contributed by atoms with Crippen LogP contribution in [0, 0.1) is 0 Å². The highest BCUT2D eigenvalue weighted by molar-refractivity contribution is 6.06. The van der Waals surface area contributed by atoms with Crippen molar-refractivity contribution in [1.82, 2.24) is 0 Å². The first-order valence-electron chi connectivity index (χ1n) is 9.21. The molecule has 0 heterocycles. The molecular weight excluding hydrogens is 310 g/mol. The molecule has 0 spiro atoms. The third-order valence-corrected chi connectivity index (χ3v) is 5.60. The van der Waals surface area contributed by atoms with E-state index in [0.717, 1.165) is 60.9 Å². The number of nitrogens with one attached hydrogen (secondary N) is 1. The molecule has 0 saturated carbocycles. The minimum atomic E-state index is -0.0431. The van der Waals surface area contributed by atoms with Gasteiger partial charge in [0.25, 0.3) is 5.91 Å². The Bertz CT molecular complexity index is 815. The van der Waals surface area contributed by atoms with E-state index in [4.69, 9.17) is 11.5 Å². The van der Waals surface area contributed by atoms with E-state index in [1.54, 1.807) is 0 Å². The fraction of sp³-hybridized carbons (Fsp3) is 0.381. The highest BCUT2D eigenvalue weighted by Crippen LogP contribution is 2.34. The fourth-order valence-corrected chi connectivity index (χ4v) is 4.29. The summed E-state index contributed by atoms with van der Waals surface area (Å²) in [7, 11) is 0. The summed E-state index contributed by atoms with van der Waals surface area (Å²) in [6, 6.07) is 12.1. The number of carbonyl (C=O) groups excluding carboxylic acids is 1. The molecule has 0 aromatic heterocycles. The summed E-state index contributed by atoms with van der Waals surface area (Å²) in [5.74, 6) is -0.0431. The van der Waals surface area contributed by atoms with Crippen LogP contribution in [0.3, 0.4) is 0 Å². The van der Waals surface area contributed by atoms with Gasteiger partial charge in [0.1, 0.15) is 0 Å². The van der Waals surface area contributed by atoms with Crippen LogP contribution in [0.15, 0.2) is 36.4 Å². The Labute approximate surface area is 148 Å². The highest BCUT2D eigenvalue weighted by atomic mass is 16.1. The Morgan fingerprint density at radius 2 is 1.48 bits per heavy atom. The maximum absolute atomic E-state index is 13.0. The topological polar surface area (TPSA) is 81.1 Å². The molecule has 130 valence electrons. The van der Waals surface area contributed by atoms with Crippen LogP contribution in [0.4, 0.5) is 5.69 Å². The quantitative estimate of drug-likeness (QED) is 0.784. The van der Waals surface area contributed by atoms with E-state index < -0.39 is 0 Å². The van der Waals surface area contributed by atoms with Crippen LogP contribution in [-0.4, -0.2) is 5.91 Å². The Balaban J connectivity index is 1.66. The average molecular weight is 335 g/mol. The number of anilines is 1. The zero-order chi connectivity index (χ0) is 17.4. The van der Waals surface area contributed by atoms with Gasteiger partial charge in [-0.3, -0.25) is 4.79 Å². The first kappa shape index (κ1) is 16.3. The van der Waals surface area contributed by atoms with E-state index in [0.29, 0.717) is 0 Å². The van der Waals surface area contributed by atoms with Crippen LogP contribution >= 0.6 is 0 Å². The zero-order valence-electron chi connectivity index (χ0n) is 14.4. The summed E-state index contributed by atoms with van der Waals surface area (Å²) >= 11 is 0. The Morgan fingerprint density at radius 1 is 0.880 bits per heavy atom. The molecule has 5 N–H and O–H groups in total. The first-order chi connectivity index (χ1) is 12.1. The molecule has 2 atom stereocenters. The van der Waals surface area contributed by atoms with Crippen LogP contribution in [0.5, 0.6) is 0 Å². The number of hydrogen-bond donors (Lipinski definition) is 3. The maximum atomic E-state index is 13.0. The van der Waals surface area contributed by atoms with Gasteiger partial charge in [0, 0.05) is 23.3 Å². The molecule has 4 nitrogen and oxygen atoms in total. The lowest BCUT2D eigenvalue weighted by Gasteiger charge is -2.26. The van der Waals surface area contributed by atoms with Gasteiger partial charge in [0.05, 0.1) is 0 Å². The molecule has 2 unspecified atom stereocenters. The number of benzene rings is 2. The monoisotopic (exact) mass is 335 g/mol. The molecule has 0 aliphatic heterocycles. The summed E-state index contributed by atoms with van der Waals surface area (Å²) in [5.41, 5.74) is 18.7. The third kappa shape index (κ3) is 2.96. The van der Waals surface area contributed by atoms with Crippen molar-refractivity contribution in [3.63, 3.8) is 0 Å². The van der Waals surface area contributed by atoms with E-state index in [-0.39, 0.29) is 18.0 Å². The minimum absolute atomic E-state index is 0.0407. The zero-order valence-corrected chi connectivity index (χ0v) is 14.4. The van der Waals surface area contributed by atoms with Gasteiger partial charge in [-0.2, -0.15) is 0 Å². The molecule has 2 aliphatic rings. The molecule has 4 heteroatoms. The van der Waals surface area contributed by atoms with Crippen molar-refractivity contribution in [1.29, 1.82) is 0 Å². The van der Waals surface area contributed by atoms with Gasteiger partial charge in [-0.25, -0.2) is 0 Å². The van der Waals surface area contributed by atoms with E-state index in [9.17, 15) is 4.79 Å². The summed E-state index contributed by atoms with van der Waals surface area (Å²) < 4.78 is 0. The maximum Gasteiger partial charge on any atom is 0.255 e. The van der Waals surface area contributed by atoms with Crippen molar-refractivity contribution in [2.24, 2.45) is 11.5 Å². The van der Waals surface area contributed by atoms with Gasteiger partial charge in [0.2, 0.25) is 0 Å². The Kier molecular flexibility index (Phi) is 4.32. The van der Waals surface area contributed by atoms with Crippen LogP contribution in [-0.2, 0) is 12.8 Å². The number of fused-ring (bicyclic) bond motifs is 2. The molecule has 1 amide bonds. The fourth-order valence-electron chi connectivity index (χ4n) is 4.29. The SMILES string of the molecule is NC1CCCc2c(NC(=O)c3cccc4c3CCCC4N)cccc21. The largest absolute Gasteiger partial charge is 0.324 e. The molecular formula is C21H25N3O. The third-order valence-electron chi connectivity index (χ3n) is 5.60. The van der Waals surface area contributed by atoms with E-state index in [1.807, 2.05) is 24.3 Å². The lowest BCUT2D eigenvalue weighted by molar-refractivity contribution is 0.102. The predicted molar refractivity (Wildman–Crippen MR) is 101 cm³/mol. The first-order valence-corrected chi connectivity index (χ1v) is 9.21. The molecule has 2 aliphatic carbocycles. The van der Waals surface area contributed by atoms with Crippen LogP contribution in [0.25, 0.3) is 0 Å². The normalized spacial score (nSPS) is 22.0. The summed E-state index contributed by atoms with van der Waals surface area (Å²) in [5, 5.41) is 3.14. The van der Waals surface area contributed by atoms with Crippen molar-refractivity contribution in [3.8, 4) is 0 Å². The van der Waals surface area contributed by atoms with Gasteiger partial charge in [-0.05, 0) is 72.9 Å². The van der Waals surface area contributed by atoms with Crippen molar-refractivity contribution in [2.45, 2.75) is 50.6 Å². The minimum Gasteiger partial charge on any atom is -0.324 e. The summed E-state index contributed by atoms with van der Waals surface area (Å²) in [6.45, 7) is 0. The molecule has 2 aromatic carbocycles. The van der Waals surface area contributed by atoms with Crippen molar-refractivity contribution < 1.29 is 4.79 Å². The second-order valence-corrected chi connectivity index (χ2v) is 7.20. The van der Waals surface area contributed by atoms with Crippen molar-refractivity contribution >= 4 is 11.6 Å². The van der Waals surface area contributed by atoms with Gasteiger partial charge < -0.3 is 16.8 Å². The van der Waals surface area contributed by atoms with E-state index in [2.05, 4.69) is 17.4 Å². The smallest absolute Gasteiger partial charge is 0.255 e. The van der Waals surface area contributed by atoms with Crippen LogP contribution in [0.2, 0.25) is 0 Å². The lowest BCUT2D eigenvalue weighted by atomic mass is 9.85. The van der Waals surface area contributed by atoms with Crippen LogP contribution in [0.1, 0.15) is 70.4 Å². The number of carbonyl (C=O) groups is 1. The molecule has 0 bridgehead atoms. The standard InChI is InChI=1S/C21H25N3O/c22-18-10-2-5-13-14(18)6-1-9-17(13)21(25)24-20-12-4-7-15-16(20)8-3-11-19(15)23/h1,4,6-7,9,12,18-19H,2-3,5,8,10-11,22-23H2,(H,24,25). The number of hydrogen-bond acceptors (Lipinski definition) is 3. The van der Waals surface area contributed by atoms with Gasteiger partial charge in [-0.15, -0.1) is 0 Å². The number of rotatable bonds is 2. The predicted octanol–water partition coefficient (Wildman–Crippen LogP) is 3.61. The second-order valence-electron chi connectivity index (χ2n) is 7.20. The second kappa shape index (κ2) is 6.62. The lowest BCUT2D eigenvalue weighted by Crippen LogP contribution is -2.23. The molecule has 0 radical (unpaired) electrons. The van der Waals surface area contributed by atoms with Gasteiger partial charge >= 0.3 is 0 Å². The van der Waals surface area contributed by atoms with Crippen LogP contribution < -0.4 is 16.8 Å². The summed E-state index contributed by atoms with van der Waals surface area (Å²) in [4.78, 5) is 13.0. The highest BCUT2D eigenvalue weighted by Gasteiger charge is 2.24. The van der Waals surface area contributed by atoms with E-state index >= 15 is 0 Å².